The fourth-order valence-electron chi connectivity index (χ4n) is 3.51. The number of benzene rings is 2. The number of sulfone groups is 2. The van der Waals surface area contributed by atoms with E-state index < -0.39 is 24.9 Å². The van der Waals surface area contributed by atoms with Crippen LogP contribution < -0.4 is 5.32 Å². The van der Waals surface area contributed by atoms with Crippen LogP contribution in [0.15, 0.2) is 58.3 Å². The lowest BCUT2D eigenvalue weighted by atomic mass is 9.91. The molecule has 1 aliphatic rings. The van der Waals surface area contributed by atoms with E-state index in [2.05, 4.69) is 5.32 Å². The van der Waals surface area contributed by atoms with Gasteiger partial charge in [-0.25, -0.2) is 16.8 Å². The molecule has 0 aromatic heterocycles. The Morgan fingerprint density at radius 3 is 2.30 bits per heavy atom. The van der Waals surface area contributed by atoms with E-state index in [0.29, 0.717) is 30.6 Å². The SMILES string of the molecule is CS(=O)(=O)c1ccccc1C1CNCC(S(=O)(=O)c2ccc(CO)cc2)C1. The number of rotatable bonds is 5. The van der Waals surface area contributed by atoms with Crippen molar-refractivity contribution in [2.45, 2.75) is 34.0 Å². The van der Waals surface area contributed by atoms with Crippen molar-refractivity contribution in [3.63, 3.8) is 0 Å². The molecule has 2 atom stereocenters. The van der Waals surface area contributed by atoms with Crippen LogP contribution in [-0.2, 0) is 26.3 Å². The molecule has 2 unspecified atom stereocenters. The smallest absolute Gasteiger partial charge is 0.182 e. The first kappa shape index (κ1) is 20.0. The van der Waals surface area contributed by atoms with Crippen LogP contribution in [-0.4, -0.2) is 46.5 Å². The Labute approximate surface area is 160 Å². The third-order valence-electron chi connectivity index (χ3n) is 4.94. The number of piperidine rings is 1. The fraction of sp³-hybridized carbons (Fsp3) is 0.368. The summed E-state index contributed by atoms with van der Waals surface area (Å²) in [6.45, 7) is 0.708. The summed E-state index contributed by atoms with van der Waals surface area (Å²) in [5, 5.41) is 11.6. The van der Waals surface area contributed by atoms with E-state index in [0.717, 1.165) is 0 Å². The maximum absolute atomic E-state index is 13.0. The molecule has 2 aromatic carbocycles. The zero-order valence-corrected chi connectivity index (χ0v) is 16.6. The standard InChI is InChI=1S/C19H23NO5S2/c1-26(22,23)19-5-3-2-4-18(19)15-10-17(12-20-11-15)27(24,25)16-8-6-14(13-21)7-9-16/h2-9,15,17,20-21H,10-13H2,1H3. The average Bonchev–Trinajstić information content (AvgIpc) is 2.67. The maximum atomic E-state index is 13.0. The van der Waals surface area contributed by atoms with Crippen molar-refractivity contribution in [2.24, 2.45) is 0 Å². The van der Waals surface area contributed by atoms with Gasteiger partial charge < -0.3 is 10.4 Å². The van der Waals surface area contributed by atoms with Crippen molar-refractivity contribution in [3.8, 4) is 0 Å². The highest BCUT2D eigenvalue weighted by atomic mass is 32.2. The Kier molecular flexibility index (Phi) is 5.71. The van der Waals surface area contributed by atoms with E-state index in [1.54, 1.807) is 36.4 Å². The molecule has 2 N–H and O–H groups in total. The summed E-state index contributed by atoms with van der Waals surface area (Å²) in [5.74, 6) is -0.207. The molecule has 1 aliphatic heterocycles. The van der Waals surface area contributed by atoms with Crippen LogP contribution in [0.3, 0.4) is 0 Å². The topological polar surface area (TPSA) is 101 Å². The lowest BCUT2D eigenvalue weighted by molar-refractivity contribution is 0.282. The van der Waals surface area contributed by atoms with Crippen molar-refractivity contribution < 1.29 is 21.9 Å². The average molecular weight is 410 g/mol. The van der Waals surface area contributed by atoms with E-state index in [4.69, 9.17) is 5.11 Å². The molecule has 8 heteroatoms. The predicted molar refractivity (Wildman–Crippen MR) is 103 cm³/mol. The highest BCUT2D eigenvalue weighted by Gasteiger charge is 2.34. The molecule has 0 radical (unpaired) electrons. The zero-order chi connectivity index (χ0) is 19.7. The van der Waals surface area contributed by atoms with Crippen molar-refractivity contribution in [3.05, 3.63) is 59.7 Å². The molecular weight excluding hydrogens is 386 g/mol. The summed E-state index contributed by atoms with van der Waals surface area (Å²) < 4.78 is 50.2. The normalized spacial score (nSPS) is 21.1. The second-order valence-corrected chi connectivity index (χ2v) is 11.1. The molecule has 1 fully saturated rings. The maximum Gasteiger partial charge on any atom is 0.182 e. The molecule has 146 valence electrons. The number of aliphatic hydroxyl groups excluding tert-OH is 1. The molecule has 0 saturated carbocycles. The Hall–Kier alpha value is -1.74. The first-order chi connectivity index (χ1) is 12.7. The molecule has 0 bridgehead atoms. The van der Waals surface area contributed by atoms with Gasteiger partial charge in [-0.3, -0.25) is 0 Å². The van der Waals surface area contributed by atoms with Gasteiger partial charge in [0.05, 0.1) is 21.6 Å². The third kappa shape index (κ3) is 4.24. The van der Waals surface area contributed by atoms with Gasteiger partial charge in [0.1, 0.15) is 0 Å². The Morgan fingerprint density at radius 2 is 1.67 bits per heavy atom. The van der Waals surface area contributed by atoms with Gasteiger partial charge in [-0.1, -0.05) is 30.3 Å². The number of aliphatic hydroxyl groups is 1. The van der Waals surface area contributed by atoms with Gasteiger partial charge in [0.2, 0.25) is 0 Å². The van der Waals surface area contributed by atoms with Crippen LogP contribution in [0.25, 0.3) is 0 Å². The molecular formula is C19H23NO5S2. The summed E-state index contributed by atoms with van der Waals surface area (Å²) in [6.07, 6.45) is 1.52. The van der Waals surface area contributed by atoms with Gasteiger partial charge in [-0.2, -0.15) is 0 Å². The summed E-state index contributed by atoms with van der Waals surface area (Å²) in [5.41, 5.74) is 1.30. The minimum Gasteiger partial charge on any atom is -0.392 e. The summed E-state index contributed by atoms with van der Waals surface area (Å²) in [4.78, 5) is 0.464. The van der Waals surface area contributed by atoms with E-state index in [9.17, 15) is 16.8 Å². The minimum atomic E-state index is -3.57. The monoisotopic (exact) mass is 409 g/mol. The van der Waals surface area contributed by atoms with E-state index in [-0.39, 0.29) is 22.3 Å². The molecule has 0 spiro atoms. The van der Waals surface area contributed by atoms with Gasteiger partial charge in [0, 0.05) is 19.3 Å². The van der Waals surface area contributed by atoms with Crippen molar-refractivity contribution in [1.29, 1.82) is 0 Å². The van der Waals surface area contributed by atoms with Crippen LogP contribution in [0.5, 0.6) is 0 Å². The number of hydrogen-bond acceptors (Lipinski definition) is 6. The molecule has 0 aliphatic carbocycles. The first-order valence-corrected chi connectivity index (χ1v) is 12.1. The first-order valence-electron chi connectivity index (χ1n) is 8.67. The zero-order valence-electron chi connectivity index (χ0n) is 15.0. The quantitative estimate of drug-likeness (QED) is 0.776. The lowest BCUT2D eigenvalue weighted by Crippen LogP contribution is -2.42. The second-order valence-electron chi connectivity index (χ2n) is 6.87. The molecule has 3 rings (SSSR count). The third-order valence-corrected chi connectivity index (χ3v) is 8.28. The molecule has 27 heavy (non-hydrogen) atoms. The van der Waals surface area contributed by atoms with Gasteiger partial charge in [0.25, 0.3) is 0 Å². The summed E-state index contributed by atoms with van der Waals surface area (Å²) in [6, 6.07) is 13.0. The van der Waals surface area contributed by atoms with Gasteiger partial charge in [0.15, 0.2) is 19.7 Å². The largest absolute Gasteiger partial charge is 0.392 e. The Bertz CT molecular complexity index is 1010. The van der Waals surface area contributed by atoms with Crippen LogP contribution in [0, 0.1) is 0 Å². The van der Waals surface area contributed by atoms with E-state index >= 15 is 0 Å². The summed E-state index contributed by atoms with van der Waals surface area (Å²) in [7, 11) is -6.97. The van der Waals surface area contributed by atoms with Gasteiger partial charge >= 0.3 is 0 Å². The molecule has 6 nitrogen and oxygen atoms in total. The lowest BCUT2D eigenvalue weighted by Gasteiger charge is -2.31. The predicted octanol–water partition coefficient (Wildman–Crippen LogP) is 1.50. The van der Waals surface area contributed by atoms with Crippen LogP contribution in [0.4, 0.5) is 0 Å². The fourth-order valence-corrected chi connectivity index (χ4v) is 6.22. The highest BCUT2D eigenvalue weighted by molar-refractivity contribution is 7.92. The number of hydrogen-bond donors (Lipinski definition) is 2. The van der Waals surface area contributed by atoms with Crippen LogP contribution >= 0.6 is 0 Å². The van der Waals surface area contributed by atoms with Crippen molar-refractivity contribution in [2.75, 3.05) is 19.3 Å². The molecule has 1 saturated heterocycles. The molecule has 1 heterocycles. The Balaban J connectivity index is 1.90. The summed E-state index contributed by atoms with van der Waals surface area (Å²) >= 11 is 0. The second kappa shape index (κ2) is 7.71. The van der Waals surface area contributed by atoms with Gasteiger partial charge in [-0.05, 0) is 41.7 Å². The van der Waals surface area contributed by atoms with Crippen molar-refractivity contribution >= 4 is 19.7 Å². The van der Waals surface area contributed by atoms with E-state index in [1.165, 1.54) is 18.4 Å². The Morgan fingerprint density at radius 1 is 1.00 bits per heavy atom. The van der Waals surface area contributed by atoms with E-state index in [1.807, 2.05) is 0 Å². The molecule has 2 aromatic rings. The minimum absolute atomic E-state index is 0.143. The molecule has 0 amide bonds. The highest BCUT2D eigenvalue weighted by Crippen LogP contribution is 2.32. The van der Waals surface area contributed by atoms with Crippen LogP contribution in [0.2, 0.25) is 0 Å². The van der Waals surface area contributed by atoms with Gasteiger partial charge in [-0.15, -0.1) is 0 Å². The number of nitrogens with one attached hydrogen (secondary N) is 1. The van der Waals surface area contributed by atoms with Crippen molar-refractivity contribution in [1.82, 2.24) is 5.32 Å². The van der Waals surface area contributed by atoms with Crippen LogP contribution in [0.1, 0.15) is 23.5 Å².